The normalized spacial score (nSPS) is 10.8. The maximum atomic E-state index is 12.5. The van der Waals surface area contributed by atoms with Gasteiger partial charge in [-0.15, -0.1) is 0 Å². The largest absolute Gasteiger partial charge is 0.417 e. The third kappa shape index (κ3) is 2.44. The number of carbonyl (C=O) groups is 1. The molecule has 116 valence electrons. The van der Waals surface area contributed by atoms with Crippen LogP contribution in [0.1, 0.15) is 10.6 Å². The van der Waals surface area contributed by atoms with Gasteiger partial charge in [-0.2, -0.15) is 0 Å². The van der Waals surface area contributed by atoms with Gasteiger partial charge < -0.3 is 9.73 Å². The zero-order valence-corrected chi connectivity index (χ0v) is 12.7. The fourth-order valence-electron chi connectivity index (χ4n) is 2.76. The van der Waals surface area contributed by atoms with Crippen molar-refractivity contribution in [3.05, 3.63) is 89.0 Å². The first kappa shape index (κ1) is 14.2. The number of hydrogen-bond acceptors (Lipinski definition) is 3. The van der Waals surface area contributed by atoms with E-state index in [-0.39, 0.29) is 5.76 Å². The number of rotatable bonds is 2. The van der Waals surface area contributed by atoms with E-state index in [0.29, 0.717) is 16.5 Å². The molecule has 0 aliphatic heterocycles. The third-order valence-corrected chi connectivity index (χ3v) is 3.93. The maximum absolute atomic E-state index is 12.5. The molecule has 0 saturated heterocycles. The summed E-state index contributed by atoms with van der Waals surface area (Å²) in [6, 6.07) is 22.0. The van der Waals surface area contributed by atoms with Crippen LogP contribution in [0.4, 0.5) is 5.69 Å². The predicted octanol–water partition coefficient (Wildman–Crippen LogP) is 4.20. The van der Waals surface area contributed by atoms with Crippen LogP contribution in [0.2, 0.25) is 0 Å². The Morgan fingerprint density at radius 3 is 2.29 bits per heavy atom. The second kappa shape index (κ2) is 5.66. The first-order valence-corrected chi connectivity index (χ1v) is 7.54. The SMILES string of the molecule is O=C(Nc1cccc2ccccc12)c1cc2ccccc2c(=O)o1. The average Bonchev–Trinajstić information content (AvgIpc) is 2.62. The summed E-state index contributed by atoms with van der Waals surface area (Å²) in [6.07, 6.45) is 0. The van der Waals surface area contributed by atoms with Gasteiger partial charge in [-0.3, -0.25) is 4.79 Å². The van der Waals surface area contributed by atoms with Crippen LogP contribution >= 0.6 is 0 Å². The van der Waals surface area contributed by atoms with Crippen molar-refractivity contribution in [2.24, 2.45) is 0 Å². The number of benzene rings is 3. The first-order valence-electron chi connectivity index (χ1n) is 7.54. The molecule has 0 fully saturated rings. The van der Waals surface area contributed by atoms with Gasteiger partial charge in [0.15, 0.2) is 5.76 Å². The molecule has 1 aromatic heterocycles. The Balaban J connectivity index is 1.75. The highest BCUT2D eigenvalue weighted by molar-refractivity contribution is 6.08. The highest BCUT2D eigenvalue weighted by Crippen LogP contribution is 2.23. The smallest absolute Gasteiger partial charge is 0.344 e. The highest BCUT2D eigenvalue weighted by Gasteiger charge is 2.13. The van der Waals surface area contributed by atoms with Gasteiger partial charge in [-0.1, -0.05) is 54.6 Å². The molecule has 0 unspecified atom stereocenters. The molecule has 4 heteroatoms. The standard InChI is InChI=1S/C20H13NO3/c22-19(18-12-14-7-2-4-10-16(14)20(23)24-18)21-17-11-5-8-13-6-1-3-9-15(13)17/h1-12H,(H,21,22). The molecule has 0 radical (unpaired) electrons. The summed E-state index contributed by atoms with van der Waals surface area (Å²) in [5.74, 6) is -0.458. The lowest BCUT2D eigenvalue weighted by Crippen LogP contribution is -2.15. The van der Waals surface area contributed by atoms with Crippen molar-refractivity contribution in [1.29, 1.82) is 0 Å². The Hall–Kier alpha value is -3.40. The Labute approximate surface area is 137 Å². The Kier molecular flexibility index (Phi) is 3.35. The summed E-state index contributed by atoms with van der Waals surface area (Å²) in [6.45, 7) is 0. The van der Waals surface area contributed by atoms with E-state index in [9.17, 15) is 9.59 Å². The summed E-state index contributed by atoms with van der Waals surface area (Å²) < 4.78 is 5.17. The minimum absolute atomic E-state index is 0.00775. The van der Waals surface area contributed by atoms with Crippen LogP contribution in [0.25, 0.3) is 21.5 Å². The number of carbonyl (C=O) groups excluding carboxylic acids is 1. The molecule has 4 rings (SSSR count). The van der Waals surface area contributed by atoms with Crippen LogP contribution in [0, 0.1) is 0 Å². The molecular weight excluding hydrogens is 302 g/mol. The zero-order valence-electron chi connectivity index (χ0n) is 12.7. The van der Waals surface area contributed by atoms with E-state index in [0.717, 1.165) is 10.8 Å². The van der Waals surface area contributed by atoms with Crippen molar-refractivity contribution in [3.63, 3.8) is 0 Å². The van der Waals surface area contributed by atoms with E-state index in [4.69, 9.17) is 4.42 Å². The second-order valence-electron chi connectivity index (χ2n) is 5.47. The highest BCUT2D eigenvalue weighted by atomic mass is 16.4. The number of nitrogens with one attached hydrogen (secondary N) is 1. The van der Waals surface area contributed by atoms with Crippen molar-refractivity contribution in [3.8, 4) is 0 Å². The second-order valence-corrected chi connectivity index (χ2v) is 5.47. The van der Waals surface area contributed by atoms with Crippen LogP contribution in [-0.2, 0) is 0 Å². The van der Waals surface area contributed by atoms with Gasteiger partial charge in [-0.05, 0) is 29.0 Å². The molecule has 0 saturated carbocycles. The topological polar surface area (TPSA) is 59.3 Å². The van der Waals surface area contributed by atoms with Crippen molar-refractivity contribution >= 4 is 33.1 Å². The molecule has 0 aliphatic carbocycles. The summed E-state index contributed by atoms with van der Waals surface area (Å²) in [7, 11) is 0. The number of anilines is 1. The van der Waals surface area contributed by atoms with Gasteiger partial charge in [0.05, 0.1) is 5.39 Å². The van der Waals surface area contributed by atoms with Crippen LogP contribution in [-0.4, -0.2) is 5.91 Å². The monoisotopic (exact) mass is 315 g/mol. The molecule has 0 bridgehead atoms. The van der Waals surface area contributed by atoms with Gasteiger partial charge in [0.1, 0.15) is 0 Å². The molecule has 4 nitrogen and oxygen atoms in total. The molecule has 1 heterocycles. The summed E-state index contributed by atoms with van der Waals surface area (Å²) in [4.78, 5) is 24.5. The zero-order chi connectivity index (χ0) is 16.5. The van der Waals surface area contributed by atoms with Crippen LogP contribution in [0.5, 0.6) is 0 Å². The number of hydrogen-bond donors (Lipinski definition) is 1. The van der Waals surface area contributed by atoms with E-state index in [2.05, 4.69) is 5.32 Å². The van der Waals surface area contributed by atoms with Crippen LogP contribution in [0.3, 0.4) is 0 Å². The lowest BCUT2D eigenvalue weighted by molar-refractivity contribution is 0.0993. The van der Waals surface area contributed by atoms with Crippen molar-refractivity contribution < 1.29 is 9.21 Å². The van der Waals surface area contributed by atoms with Crippen molar-refractivity contribution in [1.82, 2.24) is 0 Å². The molecule has 1 N–H and O–H groups in total. The van der Waals surface area contributed by atoms with E-state index in [1.807, 2.05) is 48.5 Å². The van der Waals surface area contributed by atoms with E-state index < -0.39 is 11.5 Å². The van der Waals surface area contributed by atoms with Gasteiger partial charge >= 0.3 is 5.63 Å². The van der Waals surface area contributed by atoms with Crippen molar-refractivity contribution in [2.45, 2.75) is 0 Å². The van der Waals surface area contributed by atoms with Crippen LogP contribution in [0.15, 0.2) is 82.0 Å². The number of amides is 1. The molecule has 3 aromatic carbocycles. The minimum Gasteiger partial charge on any atom is -0.417 e. The molecule has 0 spiro atoms. The first-order chi connectivity index (χ1) is 11.7. The summed E-state index contributed by atoms with van der Waals surface area (Å²) >= 11 is 0. The molecule has 24 heavy (non-hydrogen) atoms. The summed E-state index contributed by atoms with van der Waals surface area (Å²) in [5.41, 5.74) is 0.157. The average molecular weight is 315 g/mol. The lowest BCUT2D eigenvalue weighted by atomic mass is 10.1. The van der Waals surface area contributed by atoms with Crippen molar-refractivity contribution in [2.75, 3.05) is 5.32 Å². The van der Waals surface area contributed by atoms with E-state index in [1.165, 1.54) is 0 Å². The Bertz CT molecular complexity index is 1120. The van der Waals surface area contributed by atoms with E-state index >= 15 is 0 Å². The molecule has 0 aliphatic rings. The lowest BCUT2D eigenvalue weighted by Gasteiger charge is -2.08. The molecular formula is C20H13NO3. The summed E-state index contributed by atoms with van der Waals surface area (Å²) in [5, 5.41) is 5.91. The predicted molar refractivity (Wildman–Crippen MR) is 94.4 cm³/mol. The Morgan fingerprint density at radius 1 is 0.792 bits per heavy atom. The van der Waals surface area contributed by atoms with Gasteiger partial charge in [0, 0.05) is 11.1 Å². The van der Waals surface area contributed by atoms with Gasteiger partial charge in [0.25, 0.3) is 5.91 Å². The molecule has 1 amide bonds. The van der Waals surface area contributed by atoms with Gasteiger partial charge in [-0.25, -0.2) is 4.79 Å². The quantitative estimate of drug-likeness (QED) is 0.603. The third-order valence-electron chi connectivity index (χ3n) is 3.93. The molecule has 4 aromatic rings. The fraction of sp³-hybridized carbons (Fsp3) is 0. The van der Waals surface area contributed by atoms with Gasteiger partial charge in [0.2, 0.25) is 0 Å². The molecule has 0 atom stereocenters. The Morgan fingerprint density at radius 2 is 1.46 bits per heavy atom. The minimum atomic E-state index is -0.517. The maximum Gasteiger partial charge on any atom is 0.344 e. The number of fused-ring (bicyclic) bond motifs is 2. The fourth-order valence-corrected chi connectivity index (χ4v) is 2.76. The van der Waals surface area contributed by atoms with E-state index in [1.54, 1.807) is 24.3 Å². The van der Waals surface area contributed by atoms with Crippen LogP contribution < -0.4 is 10.9 Å².